The fraction of sp³-hybridized carbons (Fsp3) is 0.846. The summed E-state index contributed by atoms with van der Waals surface area (Å²) in [5.41, 5.74) is -0.482. The number of rotatable bonds is 6. The molecule has 0 bridgehead atoms. The number of likely N-dealkylation sites (N-methyl/N-ethyl adjacent to an activating group) is 1. The van der Waals surface area contributed by atoms with Gasteiger partial charge in [-0.3, -0.25) is 4.90 Å². The zero-order valence-electron chi connectivity index (χ0n) is 11.5. The Morgan fingerprint density at radius 1 is 1.44 bits per heavy atom. The molecule has 1 aromatic rings. The maximum atomic E-state index is 10.4. The molecule has 0 spiro atoms. The van der Waals surface area contributed by atoms with E-state index < -0.39 is 5.60 Å². The van der Waals surface area contributed by atoms with Crippen molar-refractivity contribution in [1.29, 1.82) is 0 Å². The molecule has 5 nitrogen and oxygen atoms in total. The molecule has 0 aromatic carbocycles. The zero-order valence-corrected chi connectivity index (χ0v) is 11.5. The van der Waals surface area contributed by atoms with Crippen LogP contribution in [0.3, 0.4) is 0 Å². The van der Waals surface area contributed by atoms with Gasteiger partial charge in [-0.25, -0.2) is 9.67 Å². The van der Waals surface area contributed by atoms with E-state index in [4.69, 9.17) is 0 Å². The van der Waals surface area contributed by atoms with E-state index in [1.807, 2.05) is 11.7 Å². The highest BCUT2D eigenvalue weighted by Crippen LogP contribution is 2.30. The Kier molecular flexibility index (Phi) is 4.35. The van der Waals surface area contributed by atoms with Crippen molar-refractivity contribution in [2.75, 3.05) is 13.6 Å². The lowest BCUT2D eigenvalue weighted by molar-refractivity contribution is 0.0137. The molecule has 18 heavy (non-hydrogen) atoms. The van der Waals surface area contributed by atoms with Gasteiger partial charge in [0.25, 0.3) is 0 Å². The third kappa shape index (κ3) is 3.29. The van der Waals surface area contributed by atoms with Crippen molar-refractivity contribution >= 4 is 0 Å². The summed E-state index contributed by atoms with van der Waals surface area (Å²) in [7, 11) is 2.04. The van der Waals surface area contributed by atoms with E-state index in [2.05, 4.69) is 21.9 Å². The second kappa shape index (κ2) is 5.80. The van der Waals surface area contributed by atoms with Gasteiger partial charge in [-0.05, 0) is 26.3 Å². The van der Waals surface area contributed by atoms with Crippen molar-refractivity contribution < 1.29 is 5.11 Å². The molecule has 1 fully saturated rings. The fourth-order valence-corrected chi connectivity index (χ4v) is 2.80. The Labute approximate surface area is 109 Å². The van der Waals surface area contributed by atoms with Crippen LogP contribution in [0.5, 0.6) is 0 Å². The molecule has 2 rings (SSSR count). The van der Waals surface area contributed by atoms with Gasteiger partial charge in [0.15, 0.2) is 0 Å². The van der Waals surface area contributed by atoms with Gasteiger partial charge < -0.3 is 5.11 Å². The van der Waals surface area contributed by atoms with Gasteiger partial charge in [-0.15, -0.1) is 0 Å². The Morgan fingerprint density at radius 2 is 2.17 bits per heavy atom. The van der Waals surface area contributed by atoms with Crippen molar-refractivity contribution in [2.24, 2.45) is 0 Å². The lowest BCUT2D eigenvalue weighted by Gasteiger charge is -2.28. The largest absolute Gasteiger partial charge is 0.389 e. The summed E-state index contributed by atoms with van der Waals surface area (Å²) in [4.78, 5) is 6.45. The second-order valence-corrected chi connectivity index (χ2v) is 5.50. The lowest BCUT2D eigenvalue weighted by Crippen LogP contribution is -2.39. The monoisotopic (exact) mass is 252 g/mol. The Balaban J connectivity index is 1.90. The molecular weight excluding hydrogens is 228 g/mol. The highest BCUT2D eigenvalue weighted by Gasteiger charge is 2.32. The molecule has 5 heteroatoms. The van der Waals surface area contributed by atoms with Crippen molar-refractivity contribution in [3.05, 3.63) is 12.2 Å². The van der Waals surface area contributed by atoms with Gasteiger partial charge in [-0.2, -0.15) is 5.10 Å². The summed E-state index contributed by atoms with van der Waals surface area (Å²) >= 11 is 0. The molecule has 1 N–H and O–H groups in total. The Morgan fingerprint density at radius 3 is 2.83 bits per heavy atom. The molecule has 0 unspecified atom stereocenters. The van der Waals surface area contributed by atoms with E-state index in [1.165, 1.54) is 0 Å². The summed E-state index contributed by atoms with van der Waals surface area (Å²) in [5, 5.41) is 14.6. The quantitative estimate of drug-likeness (QED) is 0.832. The molecule has 0 radical (unpaired) electrons. The number of hydrogen-bond acceptors (Lipinski definition) is 4. The minimum absolute atomic E-state index is 0.482. The van der Waals surface area contributed by atoms with Crippen LogP contribution in [0.25, 0.3) is 0 Å². The first kappa shape index (κ1) is 13.5. The summed E-state index contributed by atoms with van der Waals surface area (Å²) in [6.45, 7) is 4.53. The summed E-state index contributed by atoms with van der Waals surface area (Å²) in [6, 6.07) is 0. The molecule has 0 atom stereocenters. The van der Waals surface area contributed by atoms with E-state index in [0.29, 0.717) is 0 Å². The van der Waals surface area contributed by atoms with E-state index >= 15 is 0 Å². The zero-order chi connectivity index (χ0) is 13.0. The van der Waals surface area contributed by atoms with Crippen molar-refractivity contribution in [3.8, 4) is 0 Å². The molecule has 0 aliphatic heterocycles. The van der Waals surface area contributed by atoms with E-state index in [-0.39, 0.29) is 0 Å². The standard InChI is InChI=1S/C13H24N4O/c1-3-8-17-12(14-11-15-17)9-16(2)10-13(18)6-4-5-7-13/h11,18H,3-10H2,1-2H3. The normalized spacial score (nSPS) is 18.7. The number of aliphatic hydroxyl groups is 1. The predicted molar refractivity (Wildman–Crippen MR) is 70.1 cm³/mol. The van der Waals surface area contributed by atoms with Crippen LogP contribution in [0, 0.1) is 0 Å². The lowest BCUT2D eigenvalue weighted by atomic mass is 10.0. The fourth-order valence-electron chi connectivity index (χ4n) is 2.80. The van der Waals surface area contributed by atoms with Crippen LogP contribution in [0.2, 0.25) is 0 Å². The summed E-state index contributed by atoms with van der Waals surface area (Å²) in [6.07, 6.45) is 6.83. The first-order chi connectivity index (χ1) is 8.63. The third-order valence-corrected chi connectivity index (χ3v) is 3.64. The van der Waals surface area contributed by atoms with Crippen molar-refractivity contribution in [3.63, 3.8) is 0 Å². The summed E-state index contributed by atoms with van der Waals surface area (Å²) < 4.78 is 1.95. The molecule has 102 valence electrons. The van der Waals surface area contributed by atoms with Gasteiger partial charge in [0.2, 0.25) is 0 Å². The number of aromatic nitrogens is 3. The minimum atomic E-state index is -0.482. The highest BCUT2D eigenvalue weighted by molar-refractivity contribution is 4.90. The van der Waals surface area contributed by atoms with Crippen molar-refractivity contribution in [1.82, 2.24) is 19.7 Å². The predicted octanol–water partition coefficient (Wildman–Crippen LogP) is 1.42. The number of hydrogen-bond donors (Lipinski definition) is 1. The first-order valence-corrected chi connectivity index (χ1v) is 6.90. The van der Waals surface area contributed by atoms with Crippen LogP contribution in [0.1, 0.15) is 44.9 Å². The molecule has 1 aliphatic rings. The smallest absolute Gasteiger partial charge is 0.140 e. The Hall–Kier alpha value is -0.940. The highest BCUT2D eigenvalue weighted by atomic mass is 16.3. The Bertz CT molecular complexity index is 371. The minimum Gasteiger partial charge on any atom is -0.389 e. The second-order valence-electron chi connectivity index (χ2n) is 5.50. The average molecular weight is 252 g/mol. The van der Waals surface area contributed by atoms with Gasteiger partial charge >= 0.3 is 0 Å². The van der Waals surface area contributed by atoms with Crippen molar-refractivity contribution in [2.45, 2.75) is 57.7 Å². The van der Waals surface area contributed by atoms with Crippen LogP contribution < -0.4 is 0 Å². The van der Waals surface area contributed by atoms with Crippen LogP contribution >= 0.6 is 0 Å². The van der Waals surface area contributed by atoms with Gasteiger partial charge in [0.05, 0.1) is 12.1 Å². The van der Waals surface area contributed by atoms with E-state index in [1.54, 1.807) is 6.33 Å². The molecule has 1 saturated carbocycles. The SMILES string of the molecule is CCCn1ncnc1CN(C)CC1(O)CCCC1. The topological polar surface area (TPSA) is 54.2 Å². The number of aryl methyl sites for hydroxylation is 1. The van der Waals surface area contributed by atoms with Crippen LogP contribution in [0.4, 0.5) is 0 Å². The molecule has 1 aromatic heterocycles. The van der Waals surface area contributed by atoms with Gasteiger partial charge in [0, 0.05) is 13.1 Å². The first-order valence-electron chi connectivity index (χ1n) is 6.90. The third-order valence-electron chi connectivity index (χ3n) is 3.64. The maximum absolute atomic E-state index is 10.4. The molecule has 0 saturated heterocycles. The van der Waals surface area contributed by atoms with Gasteiger partial charge in [0.1, 0.15) is 12.2 Å². The molecule has 0 amide bonds. The molecular formula is C13H24N4O. The van der Waals surface area contributed by atoms with Crippen LogP contribution in [-0.2, 0) is 13.1 Å². The van der Waals surface area contributed by atoms with E-state index in [9.17, 15) is 5.11 Å². The maximum Gasteiger partial charge on any atom is 0.140 e. The average Bonchev–Trinajstić information content (AvgIpc) is 2.89. The van der Waals surface area contributed by atoms with Crippen LogP contribution in [0.15, 0.2) is 6.33 Å². The van der Waals surface area contributed by atoms with E-state index in [0.717, 1.165) is 57.6 Å². The molecule has 1 aliphatic carbocycles. The molecule has 1 heterocycles. The number of nitrogens with zero attached hydrogens (tertiary/aromatic N) is 4. The van der Waals surface area contributed by atoms with Crippen LogP contribution in [-0.4, -0.2) is 44.0 Å². The van der Waals surface area contributed by atoms with Gasteiger partial charge in [-0.1, -0.05) is 19.8 Å². The summed E-state index contributed by atoms with van der Waals surface area (Å²) in [5.74, 6) is 0.987.